The van der Waals surface area contributed by atoms with E-state index in [1.54, 1.807) is 17.9 Å². The Balaban J connectivity index is 1.72. The van der Waals surface area contributed by atoms with Gasteiger partial charge in [0, 0.05) is 13.1 Å². The summed E-state index contributed by atoms with van der Waals surface area (Å²) < 4.78 is 126. The first-order valence-corrected chi connectivity index (χ1v) is 15.3. The highest BCUT2D eigenvalue weighted by Crippen LogP contribution is 2.39. The average Bonchev–Trinajstić information content (AvgIpc) is 2.98. The summed E-state index contributed by atoms with van der Waals surface area (Å²) >= 11 is 0. The molecule has 0 saturated carbocycles. The molecule has 0 bridgehead atoms. The number of hydrogen-bond donors (Lipinski definition) is 0. The highest BCUT2D eigenvalue weighted by Gasteiger charge is 2.37. The van der Waals surface area contributed by atoms with Gasteiger partial charge in [0.15, 0.2) is 0 Å². The second-order valence-electron chi connectivity index (χ2n) is 12.4. The zero-order valence-electron chi connectivity index (χ0n) is 26.1. The molecule has 3 aromatic carbocycles. The lowest BCUT2D eigenvalue weighted by molar-refractivity contribution is -0.145. The zero-order chi connectivity index (χ0) is 34.7. The summed E-state index contributed by atoms with van der Waals surface area (Å²) in [5.41, 5.74) is -1.23. The van der Waals surface area contributed by atoms with Crippen molar-refractivity contribution in [1.82, 2.24) is 4.90 Å². The Morgan fingerprint density at radius 3 is 1.94 bits per heavy atom. The summed E-state index contributed by atoms with van der Waals surface area (Å²) in [4.78, 5) is 14.9. The topological polar surface area (TPSA) is 29.5 Å². The van der Waals surface area contributed by atoms with Crippen LogP contribution in [-0.4, -0.2) is 30.6 Å². The Labute approximate surface area is 267 Å². The molecule has 2 unspecified atom stereocenters. The van der Waals surface area contributed by atoms with Crippen LogP contribution in [-0.2, 0) is 34.6 Å². The first-order chi connectivity index (χ1) is 21.8. The second-order valence-corrected chi connectivity index (χ2v) is 12.4. The molecule has 0 aromatic heterocycles. The third-order valence-electron chi connectivity index (χ3n) is 8.23. The van der Waals surface area contributed by atoms with Crippen molar-refractivity contribution >= 4 is 5.97 Å². The van der Waals surface area contributed by atoms with Gasteiger partial charge in [-0.25, -0.2) is 0 Å². The fourth-order valence-corrected chi connectivity index (χ4v) is 6.05. The van der Waals surface area contributed by atoms with E-state index >= 15 is 0 Å². The van der Waals surface area contributed by atoms with Gasteiger partial charge in [0.05, 0.1) is 29.2 Å². The van der Waals surface area contributed by atoms with Crippen LogP contribution in [0.1, 0.15) is 85.3 Å². The number of esters is 1. The normalized spacial score (nSPS) is 17.2. The predicted octanol–water partition coefficient (Wildman–Crippen LogP) is 10.5. The van der Waals surface area contributed by atoms with Gasteiger partial charge in [-0.15, -0.1) is 0 Å². The molecule has 3 nitrogen and oxygen atoms in total. The first kappa shape index (κ1) is 36.3. The van der Waals surface area contributed by atoms with Crippen LogP contribution in [0.5, 0.6) is 0 Å². The Kier molecular flexibility index (Phi) is 11.0. The van der Waals surface area contributed by atoms with E-state index in [1.165, 1.54) is 12.1 Å². The monoisotopic (exact) mass is 673 g/mol. The van der Waals surface area contributed by atoms with Gasteiger partial charge in [0.25, 0.3) is 0 Å². The molecule has 1 heterocycles. The molecule has 0 radical (unpaired) electrons. The lowest BCUT2D eigenvalue weighted by atomic mass is 9.83. The Bertz CT molecular complexity index is 1490. The molecule has 2 atom stereocenters. The zero-order valence-corrected chi connectivity index (χ0v) is 26.1. The number of piperidine rings is 1. The largest absolute Gasteiger partial charge is 0.466 e. The smallest absolute Gasteiger partial charge is 0.416 e. The molecule has 1 aliphatic heterocycles. The minimum atomic E-state index is -4.96. The number of alkyl halides is 9. The summed E-state index contributed by atoms with van der Waals surface area (Å²) in [7, 11) is 0. The van der Waals surface area contributed by atoms with Crippen molar-refractivity contribution < 1.29 is 49.0 Å². The number of hydrogen-bond acceptors (Lipinski definition) is 3. The number of carbonyl (C=O) groups excluding carboxylic acids is 1. The fourth-order valence-electron chi connectivity index (χ4n) is 6.05. The lowest BCUT2D eigenvalue weighted by Gasteiger charge is -2.34. The predicted molar refractivity (Wildman–Crippen MR) is 159 cm³/mol. The van der Waals surface area contributed by atoms with Crippen LogP contribution in [0.4, 0.5) is 39.5 Å². The van der Waals surface area contributed by atoms with E-state index in [1.807, 2.05) is 26.0 Å². The van der Waals surface area contributed by atoms with E-state index in [-0.39, 0.29) is 36.6 Å². The van der Waals surface area contributed by atoms with E-state index in [0.717, 1.165) is 29.8 Å². The molecule has 1 saturated heterocycles. The van der Waals surface area contributed by atoms with Crippen molar-refractivity contribution in [3.8, 4) is 11.1 Å². The maximum Gasteiger partial charge on any atom is 0.416 e. The number of likely N-dealkylation sites (tertiary alicyclic amines) is 1. The van der Waals surface area contributed by atoms with E-state index in [9.17, 15) is 44.3 Å². The maximum absolute atomic E-state index is 13.5. The Morgan fingerprint density at radius 2 is 1.40 bits per heavy atom. The minimum absolute atomic E-state index is 0.0989. The van der Waals surface area contributed by atoms with Gasteiger partial charge in [-0.1, -0.05) is 44.2 Å². The molecule has 12 heteroatoms. The molecule has 4 rings (SSSR count). The Morgan fingerprint density at radius 1 is 0.809 bits per heavy atom. The van der Waals surface area contributed by atoms with E-state index in [0.29, 0.717) is 49.0 Å². The molecule has 256 valence electrons. The number of nitrogens with zero attached hydrogens (tertiary/aromatic N) is 1. The summed E-state index contributed by atoms with van der Waals surface area (Å²) in [6.45, 7) is 6.34. The highest BCUT2D eigenvalue weighted by atomic mass is 19.4. The molecule has 3 aromatic rings. The van der Waals surface area contributed by atoms with E-state index < -0.39 is 47.1 Å². The van der Waals surface area contributed by atoms with Crippen LogP contribution >= 0.6 is 0 Å². The molecule has 0 aliphatic carbocycles. The van der Waals surface area contributed by atoms with Crippen molar-refractivity contribution in [3.05, 3.63) is 94.0 Å². The van der Waals surface area contributed by atoms with E-state index in [4.69, 9.17) is 4.74 Å². The van der Waals surface area contributed by atoms with Crippen molar-refractivity contribution in [3.63, 3.8) is 0 Å². The van der Waals surface area contributed by atoms with Crippen LogP contribution in [0.15, 0.2) is 60.7 Å². The number of rotatable bonds is 9. The van der Waals surface area contributed by atoms with Crippen LogP contribution in [0.2, 0.25) is 0 Å². The van der Waals surface area contributed by atoms with Gasteiger partial charge in [-0.05, 0) is 103 Å². The molecular weight excluding hydrogens is 637 g/mol. The molecule has 0 spiro atoms. The van der Waals surface area contributed by atoms with Crippen LogP contribution in [0.3, 0.4) is 0 Å². The third-order valence-corrected chi connectivity index (χ3v) is 8.23. The first-order valence-electron chi connectivity index (χ1n) is 15.3. The number of benzene rings is 3. The number of carbonyl (C=O) groups is 1. The number of halogens is 9. The maximum atomic E-state index is 13.5. The van der Waals surface area contributed by atoms with Crippen molar-refractivity contribution in [2.45, 2.75) is 76.9 Å². The van der Waals surface area contributed by atoms with Crippen molar-refractivity contribution in [1.29, 1.82) is 0 Å². The summed E-state index contributed by atoms with van der Waals surface area (Å²) in [6.07, 6.45) is -12.7. The highest BCUT2D eigenvalue weighted by molar-refractivity contribution is 5.79. The molecule has 1 aliphatic rings. The summed E-state index contributed by atoms with van der Waals surface area (Å²) in [5.74, 6) is -1.21. The van der Waals surface area contributed by atoms with Gasteiger partial charge >= 0.3 is 24.5 Å². The molecular formula is C35H36F9NO2. The van der Waals surface area contributed by atoms with Crippen molar-refractivity contribution in [2.75, 3.05) is 19.7 Å². The minimum Gasteiger partial charge on any atom is -0.466 e. The average molecular weight is 674 g/mol. The van der Waals surface area contributed by atoms with Gasteiger partial charge in [0.2, 0.25) is 0 Å². The Hall–Kier alpha value is -3.54. The second kappa shape index (κ2) is 14.3. The van der Waals surface area contributed by atoms with Crippen LogP contribution in [0, 0.1) is 5.92 Å². The SMILES string of the molecule is CCOC(=O)C(CC(C)C)c1cc(-c2ccc(C(F)(F)F)cc2)cc(C2CCCN(Cc3cc(C(F)(F)F)cc(C(F)(F)F)c3)C2)c1. The van der Waals surface area contributed by atoms with Gasteiger partial charge in [0.1, 0.15) is 0 Å². The van der Waals surface area contributed by atoms with E-state index in [2.05, 4.69) is 0 Å². The molecule has 0 N–H and O–H groups in total. The number of ether oxygens (including phenoxy) is 1. The summed E-state index contributed by atoms with van der Waals surface area (Å²) in [6, 6.07) is 11.7. The standard InChI is InChI=1S/C35H36F9NO2/c1-4-47-32(46)31(12-21(2)3)27-16-25(23-7-9-28(10-8-23)33(36,37)38)15-26(17-27)24-6-5-11-45(20-24)19-22-13-29(34(39,40)41)18-30(14-22)35(42,43)44/h7-10,13-18,21,24,31H,4-6,11-12,19-20H2,1-3H3. The molecule has 0 amide bonds. The van der Waals surface area contributed by atoms with Crippen LogP contribution < -0.4 is 0 Å². The molecule has 1 fully saturated rings. The summed E-state index contributed by atoms with van der Waals surface area (Å²) in [5, 5.41) is 0. The quantitative estimate of drug-likeness (QED) is 0.167. The lowest BCUT2D eigenvalue weighted by Crippen LogP contribution is -2.34. The van der Waals surface area contributed by atoms with Gasteiger partial charge in [-0.3, -0.25) is 9.69 Å². The van der Waals surface area contributed by atoms with Gasteiger partial charge in [-0.2, -0.15) is 39.5 Å². The fraction of sp³-hybridized carbons (Fsp3) is 0.457. The molecule has 47 heavy (non-hydrogen) atoms. The van der Waals surface area contributed by atoms with Gasteiger partial charge < -0.3 is 4.74 Å². The van der Waals surface area contributed by atoms with Crippen LogP contribution in [0.25, 0.3) is 11.1 Å². The third kappa shape index (κ3) is 9.52. The van der Waals surface area contributed by atoms with Crippen molar-refractivity contribution in [2.24, 2.45) is 5.92 Å².